The Morgan fingerprint density at radius 1 is 1.12 bits per heavy atom. The third-order valence-electron chi connectivity index (χ3n) is 5.68. The predicted octanol–water partition coefficient (Wildman–Crippen LogP) is 3.05. The molecule has 0 spiro atoms. The monoisotopic (exact) mass is 327 g/mol. The van der Waals surface area contributed by atoms with Crippen LogP contribution in [0.2, 0.25) is 0 Å². The van der Waals surface area contributed by atoms with Crippen molar-refractivity contribution < 1.29 is 4.74 Å². The SMILES string of the molecule is C[C@H](c1ccc(C#N)cc1)N1CCC(CCN2CCOCC2)CC1. The van der Waals surface area contributed by atoms with E-state index in [1.165, 1.54) is 44.5 Å². The quantitative estimate of drug-likeness (QED) is 0.833. The van der Waals surface area contributed by atoms with Crippen molar-refractivity contribution >= 4 is 0 Å². The van der Waals surface area contributed by atoms with Gasteiger partial charge in [-0.3, -0.25) is 9.80 Å². The van der Waals surface area contributed by atoms with E-state index in [0.29, 0.717) is 6.04 Å². The van der Waals surface area contributed by atoms with Crippen LogP contribution in [0.5, 0.6) is 0 Å². The average molecular weight is 327 g/mol. The average Bonchev–Trinajstić information content (AvgIpc) is 2.67. The van der Waals surface area contributed by atoms with Crippen molar-refractivity contribution in [3.63, 3.8) is 0 Å². The fourth-order valence-corrected chi connectivity index (χ4v) is 3.87. The fraction of sp³-hybridized carbons (Fsp3) is 0.650. The third-order valence-corrected chi connectivity index (χ3v) is 5.68. The third kappa shape index (κ3) is 4.57. The first-order valence-electron chi connectivity index (χ1n) is 9.30. The van der Waals surface area contributed by atoms with Gasteiger partial charge in [-0.15, -0.1) is 0 Å². The topological polar surface area (TPSA) is 39.5 Å². The molecule has 2 saturated heterocycles. The highest BCUT2D eigenvalue weighted by Crippen LogP contribution is 2.28. The lowest BCUT2D eigenvalue weighted by Gasteiger charge is -2.37. The lowest BCUT2D eigenvalue weighted by Crippen LogP contribution is -2.39. The van der Waals surface area contributed by atoms with Crippen molar-refractivity contribution in [3.8, 4) is 6.07 Å². The summed E-state index contributed by atoms with van der Waals surface area (Å²) in [5.41, 5.74) is 2.06. The Morgan fingerprint density at radius 3 is 2.42 bits per heavy atom. The van der Waals surface area contributed by atoms with Crippen LogP contribution in [0.4, 0.5) is 0 Å². The van der Waals surface area contributed by atoms with Crippen molar-refractivity contribution in [1.29, 1.82) is 5.26 Å². The molecule has 0 radical (unpaired) electrons. The Labute approximate surface area is 146 Å². The second-order valence-electron chi connectivity index (χ2n) is 7.13. The van der Waals surface area contributed by atoms with Gasteiger partial charge in [0.05, 0.1) is 24.8 Å². The van der Waals surface area contributed by atoms with Crippen molar-refractivity contribution in [3.05, 3.63) is 35.4 Å². The molecule has 3 rings (SSSR count). The molecule has 0 amide bonds. The number of rotatable bonds is 5. The van der Waals surface area contributed by atoms with Crippen LogP contribution < -0.4 is 0 Å². The van der Waals surface area contributed by atoms with Gasteiger partial charge in [0, 0.05) is 19.1 Å². The normalized spacial score (nSPS) is 22.2. The number of morpholine rings is 1. The standard InChI is InChI=1S/C20H29N3O/c1-17(20-4-2-19(16-21)3-5-20)23-10-7-18(8-11-23)6-9-22-12-14-24-15-13-22/h2-5,17-18H,6-15H2,1H3/t17-/m1/s1. The molecule has 0 aliphatic carbocycles. The molecular formula is C20H29N3O. The van der Waals surface area contributed by atoms with E-state index in [1.54, 1.807) is 0 Å². The van der Waals surface area contributed by atoms with E-state index in [2.05, 4.69) is 34.9 Å². The Bertz CT molecular complexity index is 537. The van der Waals surface area contributed by atoms with Crippen LogP contribution in [-0.2, 0) is 4.74 Å². The van der Waals surface area contributed by atoms with Crippen molar-refractivity contribution in [1.82, 2.24) is 9.80 Å². The molecule has 0 bridgehead atoms. The Kier molecular flexibility index (Phi) is 6.25. The number of likely N-dealkylation sites (tertiary alicyclic amines) is 1. The zero-order valence-corrected chi connectivity index (χ0v) is 14.8. The van der Waals surface area contributed by atoms with Crippen LogP contribution >= 0.6 is 0 Å². The highest BCUT2D eigenvalue weighted by atomic mass is 16.5. The highest BCUT2D eigenvalue weighted by molar-refractivity contribution is 5.32. The second kappa shape index (κ2) is 8.62. The molecule has 0 unspecified atom stereocenters. The number of nitrogens with zero attached hydrogens (tertiary/aromatic N) is 3. The minimum absolute atomic E-state index is 0.443. The van der Waals surface area contributed by atoms with Gasteiger partial charge in [0.2, 0.25) is 0 Å². The molecule has 2 fully saturated rings. The Hall–Kier alpha value is -1.41. The first-order valence-corrected chi connectivity index (χ1v) is 9.30. The summed E-state index contributed by atoms with van der Waals surface area (Å²) in [6, 6.07) is 10.7. The predicted molar refractivity (Wildman–Crippen MR) is 95.7 cm³/mol. The Balaban J connectivity index is 1.43. The summed E-state index contributed by atoms with van der Waals surface area (Å²) in [5, 5.41) is 8.92. The molecule has 4 heteroatoms. The molecule has 2 aliphatic heterocycles. The van der Waals surface area contributed by atoms with Gasteiger partial charge < -0.3 is 4.74 Å². The van der Waals surface area contributed by atoms with E-state index in [1.807, 2.05) is 12.1 Å². The summed E-state index contributed by atoms with van der Waals surface area (Å²) < 4.78 is 5.42. The van der Waals surface area contributed by atoms with Gasteiger partial charge in [-0.1, -0.05) is 12.1 Å². The lowest BCUT2D eigenvalue weighted by atomic mass is 9.91. The van der Waals surface area contributed by atoms with E-state index in [4.69, 9.17) is 10.00 Å². The molecule has 0 aromatic heterocycles. The van der Waals surface area contributed by atoms with Crippen LogP contribution in [0, 0.1) is 17.2 Å². The van der Waals surface area contributed by atoms with Gasteiger partial charge in [0.15, 0.2) is 0 Å². The van der Waals surface area contributed by atoms with Gasteiger partial charge in [-0.25, -0.2) is 0 Å². The van der Waals surface area contributed by atoms with Crippen LogP contribution in [0.25, 0.3) is 0 Å². The molecule has 0 N–H and O–H groups in total. The molecule has 2 aliphatic rings. The highest BCUT2D eigenvalue weighted by Gasteiger charge is 2.24. The zero-order chi connectivity index (χ0) is 16.8. The number of benzene rings is 1. The van der Waals surface area contributed by atoms with Gasteiger partial charge in [0.1, 0.15) is 0 Å². The van der Waals surface area contributed by atoms with E-state index in [0.717, 1.165) is 37.8 Å². The Morgan fingerprint density at radius 2 is 1.79 bits per heavy atom. The summed E-state index contributed by atoms with van der Waals surface area (Å²) in [7, 11) is 0. The van der Waals surface area contributed by atoms with Gasteiger partial charge in [-0.05, 0) is 69.4 Å². The molecule has 4 nitrogen and oxygen atoms in total. The van der Waals surface area contributed by atoms with Crippen LogP contribution in [0.3, 0.4) is 0 Å². The van der Waals surface area contributed by atoms with E-state index in [9.17, 15) is 0 Å². The molecule has 1 aromatic carbocycles. The first kappa shape index (κ1) is 17.4. The maximum absolute atomic E-state index is 8.92. The number of hydrogen-bond acceptors (Lipinski definition) is 4. The molecule has 130 valence electrons. The summed E-state index contributed by atoms with van der Waals surface area (Å²) in [5.74, 6) is 0.872. The number of nitriles is 1. The summed E-state index contributed by atoms with van der Waals surface area (Å²) in [6.07, 6.45) is 3.95. The maximum Gasteiger partial charge on any atom is 0.0991 e. The van der Waals surface area contributed by atoms with E-state index in [-0.39, 0.29) is 0 Å². The lowest BCUT2D eigenvalue weighted by molar-refractivity contribution is 0.0329. The minimum Gasteiger partial charge on any atom is -0.379 e. The van der Waals surface area contributed by atoms with Gasteiger partial charge in [0.25, 0.3) is 0 Å². The molecule has 1 aromatic rings. The summed E-state index contributed by atoms with van der Waals surface area (Å²) >= 11 is 0. The van der Waals surface area contributed by atoms with Crippen LogP contribution in [0.15, 0.2) is 24.3 Å². The number of piperidine rings is 1. The molecule has 1 atom stereocenters. The molecule has 0 saturated carbocycles. The smallest absolute Gasteiger partial charge is 0.0991 e. The van der Waals surface area contributed by atoms with Crippen LogP contribution in [0.1, 0.15) is 43.4 Å². The molecular weight excluding hydrogens is 298 g/mol. The zero-order valence-electron chi connectivity index (χ0n) is 14.8. The largest absolute Gasteiger partial charge is 0.379 e. The number of ether oxygens (including phenoxy) is 1. The minimum atomic E-state index is 0.443. The second-order valence-corrected chi connectivity index (χ2v) is 7.13. The van der Waals surface area contributed by atoms with E-state index >= 15 is 0 Å². The van der Waals surface area contributed by atoms with Crippen LogP contribution in [-0.4, -0.2) is 55.7 Å². The maximum atomic E-state index is 8.92. The van der Waals surface area contributed by atoms with Crippen molar-refractivity contribution in [2.45, 2.75) is 32.2 Å². The van der Waals surface area contributed by atoms with Gasteiger partial charge in [-0.2, -0.15) is 5.26 Å². The van der Waals surface area contributed by atoms with Crippen molar-refractivity contribution in [2.24, 2.45) is 5.92 Å². The van der Waals surface area contributed by atoms with Crippen molar-refractivity contribution in [2.75, 3.05) is 45.9 Å². The van der Waals surface area contributed by atoms with Gasteiger partial charge >= 0.3 is 0 Å². The summed E-state index contributed by atoms with van der Waals surface area (Å²) in [4.78, 5) is 5.14. The van der Waals surface area contributed by atoms with E-state index < -0.39 is 0 Å². The molecule has 24 heavy (non-hydrogen) atoms. The molecule has 2 heterocycles. The number of hydrogen-bond donors (Lipinski definition) is 0. The summed E-state index contributed by atoms with van der Waals surface area (Å²) in [6.45, 7) is 9.92. The first-order chi connectivity index (χ1) is 11.8. The fourth-order valence-electron chi connectivity index (χ4n) is 3.87.